The molecule has 4 heteroatoms. The molecule has 2 aromatic rings. The van der Waals surface area contributed by atoms with E-state index in [1.54, 1.807) is 0 Å². The zero-order valence-corrected chi connectivity index (χ0v) is 12.3. The molecule has 0 spiro atoms. The number of piperidine rings is 1. The Kier molecular flexibility index (Phi) is 3.57. The van der Waals surface area contributed by atoms with Crippen molar-refractivity contribution in [3.8, 4) is 0 Å². The van der Waals surface area contributed by atoms with Crippen molar-refractivity contribution in [2.45, 2.75) is 38.6 Å². The van der Waals surface area contributed by atoms with E-state index in [0.29, 0.717) is 0 Å². The molecule has 3 rings (SSSR count). The van der Waals surface area contributed by atoms with E-state index in [2.05, 4.69) is 40.0 Å². The molecule has 1 unspecified atom stereocenters. The summed E-state index contributed by atoms with van der Waals surface area (Å²) in [6.45, 7) is 7.71. The summed E-state index contributed by atoms with van der Waals surface area (Å²) in [6.07, 6.45) is 8.18. The molecule has 2 aromatic heterocycles. The first kappa shape index (κ1) is 13.3. The Morgan fingerprint density at radius 1 is 1.40 bits per heavy atom. The van der Waals surface area contributed by atoms with Crippen LogP contribution in [0, 0.1) is 6.92 Å². The first-order valence-electron chi connectivity index (χ1n) is 7.29. The SMILES string of the molecule is Cc1cn[nH]c1C1(C)CCCN(Cc2cccnc2)C1. The van der Waals surface area contributed by atoms with Gasteiger partial charge in [0.1, 0.15) is 0 Å². The van der Waals surface area contributed by atoms with Crippen molar-refractivity contribution in [3.63, 3.8) is 0 Å². The van der Waals surface area contributed by atoms with Crippen LogP contribution in [0.5, 0.6) is 0 Å². The zero-order chi connectivity index (χ0) is 14.0. The average molecular weight is 270 g/mol. The summed E-state index contributed by atoms with van der Waals surface area (Å²) >= 11 is 0. The van der Waals surface area contributed by atoms with E-state index in [4.69, 9.17) is 0 Å². The minimum Gasteiger partial charge on any atom is -0.298 e. The summed E-state index contributed by atoms with van der Waals surface area (Å²) in [5.74, 6) is 0. The number of likely N-dealkylation sites (tertiary alicyclic amines) is 1. The van der Waals surface area contributed by atoms with E-state index in [0.717, 1.165) is 19.6 Å². The first-order chi connectivity index (χ1) is 9.67. The molecule has 0 saturated carbocycles. The maximum absolute atomic E-state index is 4.21. The Bertz CT molecular complexity index is 563. The van der Waals surface area contributed by atoms with E-state index < -0.39 is 0 Å². The van der Waals surface area contributed by atoms with Gasteiger partial charge in [0.05, 0.1) is 6.20 Å². The van der Waals surface area contributed by atoms with Gasteiger partial charge in [0.15, 0.2) is 0 Å². The summed E-state index contributed by atoms with van der Waals surface area (Å²) in [4.78, 5) is 6.74. The van der Waals surface area contributed by atoms with Crippen LogP contribution in [0.2, 0.25) is 0 Å². The van der Waals surface area contributed by atoms with Gasteiger partial charge >= 0.3 is 0 Å². The Morgan fingerprint density at radius 2 is 2.30 bits per heavy atom. The van der Waals surface area contributed by atoms with Crippen LogP contribution >= 0.6 is 0 Å². The van der Waals surface area contributed by atoms with Gasteiger partial charge in [-0.3, -0.25) is 15.0 Å². The van der Waals surface area contributed by atoms with Crippen molar-refractivity contribution >= 4 is 0 Å². The number of aromatic nitrogens is 3. The van der Waals surface area contributed by atoms with Crippen molar-refractivity contribution in [3.05, 3.63) is 47.5 Å². The molecule has 1 saturated heterocycles. The molecule has 3 heterocycles. The lowest BCUT2D eigenvalue weighted by Gasteiger charge is -2.40. The van der Waals surface area contributed by atoms with Crippen molar-refractivity contribution in [1.29, 1.82) is 0 Å². The molecule has 0 radical (unpaired) electrons. The van der Waals surface area contributed by atoms with Gasteiger partial charge in [-0.15, -0.1) is 0 Å². The van der Waals surface area contributed by atoms with Gasteiger partial charge < -0.3 is 0 Å². The number of hydrogen-bond donors (Lipinski definition) is 1. The molecule has 1 atom stereocenters. The molecule has 1 fully saturated rings. The van der Waals surface area contributed by atoms with E-state index in [1.807, 2.05) is 24.7 Å². The fourth-order valence-electron chi connectivity index (χ4n) is 3.39. The molecule has 1 aliphatic rings. The monoisotopic (exact) mass is 270 g/mol. The van der Waals surface area contributed by atoms with Crippen molar-refractivity contribution in [2.24, 2.45) is 0 Å². The molecule has 0 aromatic carbocycles. The van der Waals surface area contributed by atoms with Crippen molar-refractivity contribution in [2.75, 3.05) is 13.1 Å². The van der Waals surface area contributed by atoms with Crippen LogP contribution in [0.25, 0.3) is 0 Å². The number of nitrogens with zero attached hydrogens (tertiary/aromatic N) is 3. The number of aromatic amines is 1. The van der Waals surface area contributed by atoms with Gasteiger partial charge in [-0.25, -0.2) is 0 Å². The zero-order valence-electron chi connectivity index (χ0n) is 12.3. The molecule has 4 nitrogen and oxygen atoms in total. The highest BCUT2D eigenvalue weighted by molar-refractivity contribution is 5.25. The van der Waals surface area contributed by atoms with Crippen LogP contribution in [0.3, 0.4) is 0 Å². The average Bonchev–Trinajstić information content (AvgIpc) is 2.87. The maximum Gasteiger partial charge on any atom is 0.0519 e. The predicted octanol–water partition coefficient (Wildman–Crippen LogP) is 2.67. The predicted molar refractivity (Wildman–Crippen MR) is 79.4 cm³/mol. The first-order valence-corrected chi connectivity index (χ1v) is 7.29. The molecule has 0 bridgehead atoms. The Balaban J connectivity index is 1.75. The molecule has 1 aliphatic heterocycles. The third-order valence-corrected chi connectivity index (χ3v) is 4.34. The van der Waals surface area contributed by atoms with Gasteiger partial charge in [0.2, 0.25) is 0 Å². The summed E-state index contributed by atoms with van der Waals surface area (Å²) in [7, 11) is 0. The summed E-state index contributed by atoms with van der Waals surface area (Å²) in [6, 6.07) is 4.16. The normalized spacial score (nSPS) is 23.9. The van der Waals surface area contributed by atoms with Gasteiger partial charge in [0.25, 0.3) is 0 Å². The number of H-pyrrole nitrogens is 1. The van der Waals surface area contributed by atoms with Crippen LogP contribution in [-0.2, 0) is 12.0 Å². The third kappa shape index (κ3) is 2.61. The van der Waals surface area contributed by atoms with Gasteiger partial charge in [-0.2, -0.15) is 5.10 Å². The quantitative estimate of drug-likeness (QED) is 0.932. The lowest BCUT2D eigenvalue weighted by atomic mass is 9.77. The fourth-order valence-corrected chi connectivity index (χ4v) is 3.39. The molecule has 1 N–H and O–H groups in total. The minimum absolute atomic E-state index is 0.182. The Hall–Kier alpha value is -1.68. The Labute approximate surface area is 120 Å². The van der Waals surface area contributed by atoms with E-state index >= 15 is 0 Å². The number of pyridine rings is 1. The van der Waals surface area contributed by atoms with Crippen LogP contribution in [0.15, 0.2) is 30.7 Å². The number of nitrogens with one attached hydrogen (secondary N) is 1. The largest absolute Gasteiger partial charge is 0.298 e. The second-order valence-corrected chi connectivity index (χ2v) is 6.16. The second-order valence-electron chi connectivity index (χ2n) is 6.16. The molecule has 0 aliphatic carbocycles. The summed E-state index contributed by atoms with van der Waals surface area (Å²) in [5.41, 5.74) is 4.04. The second kappa shape index (κ2) is 5.37. The minimum atomic E-state index is 0.182. The van der Waals surface area contributed by atoms with E-state index in [-0.39, 0.29) is 5.41 Å². The van der Waals surface area contributed by atoms with Gasteiger partial charge in [-0.1, -0.05) is 13.0 Å². The fraction of sp³-hybridized carbons (Fsp3) is 0.500. The lowest BCUT2D eigenvalue weighted by Crippen LogP contribution is -2.44. The van der Waals surface area contributed by atoms with Crippen molar-refractivity contribution in [1.82, 2.24) is 20.1 Å². The van der Waals surface area contributed by atoms with E-state index in [9.17, 15) is 0 Å². The number of hydrogen-bond acceptors (Lipinski definition) is 3. The highest BCUT2D eigenvalue weighted by Crippen LogP contribution is 2.34. The van der Waals surface area contributed by atoms with E-state index in [1.165, 1.54) is 29.7 Å². The highest BCUT2D eigenvalue weighted by atomic mass is 15.2. The molecular weight excluding hydrogens is 248 g/mol. The van der Waals surface area contributed by atoms with Crippen LogP contribution in [-0.4, -0.2) is 33.2 Å². The summed E-state index contributed by atoms with van der Waals surface area (Å²) < 4.78 is 0. The van der Waals surface area contributed by atoms with Crippen LogP contribution < -0.4 is 0 Å². The van der Waals surface area contributed by atoms with Crippen LogP contribution in [0.4, 0.5) is 0 Å². The molecule has 20 heavy (non-hydrogen) atoms. The standard InChI is InChI=1S/C16H22N4/c1-13-9-18-19-15(13)16(2)6-4-8-20(12-16)11-14-5-3-7-17-10-14/h3,5,7,9-10H,4,6,8,11-12H2,1-2H3,(H,18,19). The van der Waals surface area contributed by atoms with Crippen molar-refractivity contribution < 1.29 is 0 Å². The number of rotatable bonds is 3. The maximum atomic E-state index is 4.21. The van der Waals surface area contributed by atoms with Gasteiger partial charge in [0, 0.05) is 36.6 Å². The molecular formula is C16H22N4. The van der Waals surface area contributed by atoms with Gasteiger partial charge in [-0.05, 0) is 43.5 Å². The van der Waals surface area contributed by atoms with Crippen LogP contribution in [0.1, 0.15) is 36.6 Å². The molecule has 0 amide bonds. The lowest BCUT2D eigenvalue weighted by molar-refractivity contribution is 0.146. The topological polar surface area (TPSA) is 44.8 Å². The smallest absolute Gasteiger partial charge is 0.0519 e. The molecule has 106 valence electrons. The summed E-state index contributed by atoms with van der Waals surface area (Å²) in [5, 5.41) is 7.41. The number of aryl methyl sites for hydroxylation is 1. The highest BCUT2D eigenvalue weighted by Gasteiger charge is 2.34. The Morgan fingerprint density at radius 3 is 3.00 bits per heavy atom. The third-order valence-electron chi connectivity index (χ3n) is 4.34.